The monoisotopic (exact) mass is 391 g/mol. The van der Waals surface area contributed by atoms with Gasteiger partial charge in [0.15, 0.2) is 0 Å². The zero-order valence-corrected chi connectivity index (χ0v) is 15.8. The fourth-order valence-electron chi connectivity index (χ4n) is 3.01. The molecule has 0 radical (unpaired) electrons. The van der Waals surface area contributed by atoms with Gasteiger partial charge in [-0.05, 0) is 36.2 Å². The highest BCUT2D eigenvalue weighted by Gasteiger charge is 2.11. The molecule has 1 amide bonds. The summed E-state index contributed by atoms with van der Waals surface area (Å²) >= 11 is 6.12. The molecule has 0 aliphatic rings. The number of aromatic nitrogens is 4. The average molecular weight is 392 g/mol. The molecule has 4 aromatic rings. The molecule has 1 N–H and O–H groups in total. The molecule has 1 aromatic carbocycles. The molecule has 0 saturated heterocycles. The second kappa shape index (κ2) is 8.19. The van der Waals surface area contributed by atoms with Crippen LogP contribution >= 0.6 is 11.6 Å². The Labute approximate surface area is 167 Å². The Hall–Kier alpha value is -3.25. The predicted octanol–water partition coefficient (Wildman–Crippen LogP) is 3.97. The van der Waals surface area contributed by atoms with E-state index in [9.17, 15) is 4.79 Å². The summed E-state index contributed by atoms with van der Waals surface area (Å²) in [4.78, 5) is 25.4. The van der Waals surface area contributed by atoms with Crippen LogP contribution in [0.4, 0.5) is 0 Å². The second-order valence-corrected chi connectivity index (χ2v) is 6.81. The first kappa shape index (κ1) is 18.1. The van der Waals surface area contributed by atoms with E-state index in [1.54, 1.807) is 31.0 Å². The number of benzene rings is 1. The van der Waals surface area contributed by atoms with Gasteiger partial charge in [0.05, 0.1) is 11.8 Å². The van der Waals surface area contributed by atoms with Crippen molar-refractivity contribution in [3.05, 3.63) is 78.2 Å². The highest BCUT2D eigenvalue weighted by molar-refractivity contribution is 6.30. The van der Waals surface area contributed by atoms with Crippen molar-refractivity contribution < 1.29 is 4.79 Å². The summed E-state index contributed by atoms with van der Waals surface area (Å²) < 4.78 is 1.98. The number of pyridine rings is 2. The van der Waals surface area contributed by atoms with E-state index in [2.05, 4.69) is 20.3 Å². The van der Waals surface area contributed by atoms with E-state index in [0.717, 1.165) is 35.0 Å². The van der Waals surface area contributed by atoms with Crippen LogP contribution in [0.15, 0.2) is 67.5 Å². The maximum atomic E-state index is 12.5. The number of hydrogen-bond acceptors (Lipinski definition) is 4. The molecule has 0 saturated carbocycles. The number of fused-ring (bicyclic) bond motifs is 1. The van der Waals surface area contributed by atoms with Gasteiger partial charge in [-0.25, -0.2) is 9.97 Å². The summed E-state index contributed by atoms with van der Waals surface area (Å²) in [5.74, 6) is -0.193. The number of rotatable bonds is 6. The quantitative estimate of drug-likeness (QED) is 0.505. The van der Waals surface area contributed by atoms with E-state index in [1.807, 2.05) is 41.1 Å². The Bertz CT molecular complexity index is 1110. The summed E-state index contributed by atoms with van der Waals surface area (Å²) in [6.45, 7) is 1.37. The van der Waals surface area contributed by atoms with Gasteiger partial charge in [0, 0.05) is 53.8 Å². The van der Waals surface area contributed by atoms with Crippen molar-refractivity contribution in [2.24, 2.45) is 0 Å². The molecule has 0 aliphatic heterocycles. The normalized spacial score (nSPS) is 10.9. The fraction of sp³-hybridized carbons (Fsp3) is 0.143. The van der Waals surface area contributed by atoms with Crippen LogP contribution in [0.3, 0.4) is 0 Å². The Morgan fingerprint density at radius 3 is 2.89 bits per heavy atom. The molecule has 3 aromatic heterocycles. The fourth-order valence-corrected chi connectivity index (χ4v) is 3.20. The molecule has 7 heteroatoms. The summed E-state index contributed by atoms with van der Waals surface area (Å²) in [5.41, 5.74) is 2.86. The smallest absolute Gasteiger partial charge is 0.269 e. The summed E-state index contributed by atoms with van der Waals surface area (Å²) in [5, 5.41) is 4.43. The number of imidazole rings is 1. The minimum Gasteiger partial charge on any atom is -0.351 e. The van der Waals surface area contributed by atoms with E-state index in [4.69, 9.17) is 11.6 Å². The number of carbonyl (C=O) groups excluding carboxylic acids is 1. The van der Waals surface area contributed by atoms with Crippen LogP contribution in [-0.2, 0) is 6.54 Å². The Kier molecular flexibility index (Phi) is 5.30. The van der Waals surface area contributed by atoms with E-state index in [0.29, 0.717) is 17.3 Å². The van der Waals surface area contributed by atoms with E-state index in [1.165, 1.54) is 0 Å². The first-order valence-corrected chi connectivity index (χ1v) is 9.33. The first-order valence-electron chi connectivity index (χ1n) is 8.95. The molecule has 0 bridgehead atoms. The molecule has 0 fully saturated rings. The van der Waals surface area contributed by atoms with Crippen molar-refractivity contribution in [1.82, 2.24) is 24.8 Å². The van der Waals surface area contributed by atoms with Gasteiger partial charge in [-0.15, -0.1) is 0 Å². The standard InChI is InChI=1S/C21H18ClN5O/c22-17-4-1-3-15(11-17)18-13-24-12-16-5-6-19(26-20(16)18)21(28)25-7-2-9-27-10-8-23-14-27/h1,3-6,8,10-14H,2,7,9H2,(H,25,28). The van der Waals surface area contributed by atoms with Gasteiger partial charge in [-0.2, -0.15) is 0 Å². The predicted molar refractivity (Wildman–Crippen MR) is 109 cm³/mol. The molecule has 0 spiro atoms. The van der Waals surface area contributed by atoms with Crippen LogP contribution in [0.25, 0.3) is 22.0 Å². The van der Waals surface area contributed by atoms with Crippen LogP contribution in [-0.4, -0.2) is 32.0 Å². The molecule has 3 heterocycles. The lowest BCUT2D eigenvalue weighted by atomic mass is 10.0. The number of aryl methyl sites for hydroxylation is 1. The highest BCUT2D eigenvalue weighted by Crippen LogP contribution is 2.28. The SMILES string of the molecule is O=C(NCCCn1ccnc1)c1ccc2cncc(-c3cccc(Cl)c3)c2n1. The van der Waals surface area contributed by atoms with Crippen molar-refractivity contribution in [2.45, 2.75) is 13.0 Å². The van der Waals surface area contributed by atoms with Crippen molar-refractivity contribution in [1.29, 1.82) is 0 Å². The van der Waals surface area contributed by atoms with E-state index < -0.39 is 0 Å². The van der Waals surface area contributed by atoms with Gasteiger partial charge in [0.1, 0.15) is 5.69 Å². The van der Waals surface area contributed by atoms with Gasteiger partial charge < -0.3 is 9.88 Å². The number of nitrogens with zero attached hydrogens (tertiary/aromatic N) is 4. The summed E-state index contributed by atoms with van der Waals surface area (Å²) in [7, 11) is 0. The molecule has 0 aliphatic carbocycles. The van der Waals surface area contributed by atoms with Gasteiger partial charge in [-0.3, -0.25) is 9.78 Å². The molecule has 0 atom stereocenters. The largest absolute Gasteiger partial charge is 0.351 e. The van der Waals surface area contributed by atoms with Crippen molar-refractivity contribution in [3.8, 4) is 11.1 Å². The lowest BCUT2D eigenvalue weighted by Gasteiger charge is -2.09. The van der Waals surface area contributed by atoms with Crippen LogP contribution in [0.2, 0.25) is 5.02 Å². The highest BCUT2D eigenvalue weighted by atomic mass is 35.5. The maximum Gasteiger partial charge on any atom is 0.269 e. The van der Waals surface area contributed by atoms with Crippen LogP contribution in [0.5, 0.6) is 0 Å². The molecular formula is C21H18ClN5O. The first-order chi connectivity index (χ1) is 13.7. The van der Waals surface area contributed by atoms with Crippen molar-refractivity contribution >= 4 is 28.4 Å². The van der Waals surface area contributed by atoms with Gasteiger partial charge in [-0.1, -0.05) is 23.7 Å². The number of nitrogens with one attached hydrogen (secondary N) is 1. The third-order valence-electron chi connectivity index (χ3n) is 4.40. The topological polar surface area (TPSA) is 72.7 Å². The van der Waals surface area contributed by atoms with Crippen LogP contribution in [0, 0.1) is 0 Å². The summed E-state index contributed by atoms with van der Waals surface area (Å²) in [6, 6.07) is 11.1. The van der Waals surface area contributed by atoms with Gasteiger partial charge in [0.25, 0.3) is 5.91 Å². The van der Waals surface area contributed by atoms with E-state index in [-0.39, 0.29) is 5.91 Å². The third kappa shape index (κ3) is 4.02. The number of halogens is 1. The molecule has 6 nitrogen and oxygen atoms in total. The Morgan fingerprint density at radius 2 is 2.07 bits per heavy atom. The van der Waals surface area contributed by atoms with Gasteiger partial charge >= 0.3 is 0 Å². The number of hydrogen-bond donors (Lipinski definition) is 1. The number of carbonyl (C=O) groups is 1. The second-order valence-electron chi connectivity index (χ2n) is 6.38. The van der Waals surface area contributed by atoms with Crippen molar-refractivity contribution in [2.75, 3.05) is 6.54 Å². The van der Waals surface area contributed by atoms with Gasteiger partial charge in [0.2, 0.25) is 0 Å². The van der Waals surface area contributed by atoms with Crippen LogP contribution < -0.4 is 5.32 Å². The number of amides is 1. The lowest BCUT2D eigenvalue weighted by Crippen LogP contribution is -2.26. The van der Waals surface area contributed by atoms with Crippen molar-refractivity contribution in [3.63, 3.8) is 0 Å². The van der Waals surface area contributed by atoms with Crippen LogP contribution in [0.1, 0.15) is 16.9 Å². The molecule has 28 heavy (non-hydrogen) atoms. The Balaban J connectivity index is 1.53. The zero-order chi connectivity index (χ0) is 19.3. The molecule has 0 unspecified atom stereocenters. The molecule has 4 rings (SSSR count). The molecule has 140 valence electrons. The van der Waals surface area contributed by atoms with E-state index >= 15 is 0 Å². The average Bonchev–Trinajstić information content (AvgIpc) is 3.24. The third-order valence-corrected chi connectivity index (χ3v) is 4.64. The lowest BCUT2D eigenvalue weighted by molar-refractivity contribution is 0.0948. The zero-order valence-electron chi connectivity index (χ0n) is 15.0. The minimum absolute atomic E-state index is 0.193. The summed E-state index contributed by atoms with van der Waals surface area (Å²) in [6.07, 6.45) is 9.70. The Morgan fingerprint density at radius 1 is 1.14 bits per heavy atom. The molecular weight excluding hydrogens is 374 g/mol. The maximum absolute atomic E-state index is 12.5. The minimum atomic E-state index is -0.193.